The van der Waals surface area contributed by atoms with Crippen LogP contribution in [0.5, 0.6) is 5.75 Å². The number of aliphatic hydroxyl groups is 3. The van der Waals surface area contributed by atoms with Crippen molar-refractivity contribution in [3.63, 3.8) is 0 Å². The lowest BCUT2D eigenvalue weighted by atomic mass is 9.78. The zero-order chi connectivity index (χ0) is 42.6. The highest BCUT2D eigenvalue weighted by molar-refractivity contribution is 5.97. The van der Waals surface area contributed by atoms with Crippen LogP contribution in [0.15, 0.2) is 58.5 Å². The number of aromatic hydroxyl groups is 1. The number of nitrogens with zero attached hydrogens (tertiary/aromatic N) is 2. The molecule has 0 aliphatic carbocycles. The molecule has 2 aliphatic heterocycles. The average Bonchev–Trinajstić information content (AvgIpc) is 3.86. The van der Waals surface area contributed by atoms with Gasteiger partial charge in [-0.15, -0.1) is 0 Å². The number of hydrogen-bond donors (Lipinski definition) is 14. The van der Waals surface area contributed by atoms with Gasteiger partial charge in [-0.05, 0) is 30.2 Å². The Balaban J connectivity index is 1.63. The van der Waals surface area contributed by atoms with Crippen LogP contribution in [0.25, 0.3) is 0 Å². The zero-order valence-corrected chi connectivity index (χ0v) is 31.6. The van der Waals surface area contributed by atoms with Crippen molar-refractivity contribution < 1.29 is 49.2 Å². The van der Waals surface area contributed by atoms with Crippen molar-refractivity contribution in [2.24, 2.45) is 27.2 Å². The molecule has 2 aromatic rings. The largest absolute Gasteiger partial charge is 0.508 e. The molecule has 0 saturated heterocycles. The van der Waals surface area contributed by atoms with Crippen LogP contribution >= 0.6 is 0 Å². The highest BCUT2D eigenvalue weighted by atomic mass is 16.3. The summed E-state index contributed by atoms with van der Waals surface area (Å²) in [6.07, 6.45) is 0.0355. The van der Waals surface area contributed by atoms with Crippen LogP contribution in [0.3, 0.4) is 0 Å². The van der Waals surface area contributed by atoms with E-state index in [4.69, 9.17) is 17.2 Å². The van der Waals surface area contributed by atoms with E-state index < -0.39 is 97.2 Å². The van der Waals surface area contributed by atoms with Crippen LogP contribution in [0.1, 0.15) is 16.7 Å². The summed E-state index contributed by atoms with van der Waals surface area (Å²) in [4.78, 5) is 87.6. The van der Waals surface area contributed by atoms with Gasteiger partial charge < -0.3 is 79.6 Å². The van der Waals surface area contributed by atoms with Crippen molar-refractivity contribution >= 4 is 47.7 Å². The summed E-state index contributed by atoms with van der Waals surface area (Å²) in [5.41, 5.74) is 16.9. The lowest BCUT2D eigenvalue weighted by Crippen LogP contribution is -2.76. The first-order valence-corrected chi connectivity index (χ1v) is 18.2. The summed E-state index contributed by atoms with van der Waals surface area (Å²) in [7, 11) is 0. The van der Waals surface area contributed by atoms with E-state index in [1.807, 2.05) is 19.1 Å². The van der Waals surface area contributed by atoms with Gasteiger partial charge in [0.2, 0.25) is 29.5 Å². The highest BCUT2D eigenvalue weighted by Crippen LogP contribution is 2.26. The number of nitrogens with two attached hydrogens (primary N) is 3. The maximum Gasteiger partial charge on any atom is 0.246 e. The molecule has 2 aliphatic rings. The number of aryl methyl sites for hydroxylation is 1. The number of rotatable bonds is 20. The fourth-order valence-corrected chi connectivity index (χ4v) is 6.35. The van der Waals surface area contributed by atoms with E-state index in [0.717, 1.165) is 5.56 Å². The van der Waals surface area contributed by atoms with Gasteiger partial charge in [0.15, 0.2) is 11.9 Å². The fraction of sp³-hybridized carbons (Fsp3) is 0.444. The molecule has 4 rings (SSSR count). The molecule has 0 fully saturated rings. The quantitative estimate of drug-likeness (QED) is 0.0553. The molecule has 5 amide bonds. The molecular formula is C36H50N12O10. The molecule has 58 heavy (non-hydrogen) atoms. The SMILES string of the molecule is Cc1ccc(C[C@H](NC(=O)CN)C(=O)N[C@@H](Cc2ccc(O)cc2)C(=O)N[C@@H](CO)C(=O)N[C@H](C(=O)N[C@H](C=O)CO)C(O)(C2CN=C(N)N2)C2CN=C(N)N2)cc1. The number of carbonyl (C=O) groups excluding carboxylic acids is 6. The maximum atomic E-state index is 14.0. The number of aliphatic imine (C=N–C) groups is 2. The monoisotopic (exact) mass is 810 g/mol. The zero-order valence-electron chi connectivity index (χ0n) is 31.6. The molecule has 314 valence electrons. The van der Waals surface area contributed by atoms with E-state index in [1.54, 1.807) is 12.1 Å². The van der Waals surface area contributed by atoms with Gasteiger partial charge in [0.1, 0.15) is 47.8 Å². The van der Waals surface area contributed by atoms with Crippen LogP contribution in [0.2, 0.25) is 0 Å². The minimum atomic E-state index is -2.39. The normalized spacial score (nSPS) is 19.5. The van der Waals surface area contributed by atoms with Crippen LogP contribution in [0, 0.1) is 6.92 Å². The Labute approximate surface area is 332 Å². The second-order valence-corrected chi connectivity index (χ2v) is 13.8. The van der Waals surface area contributed by atoms with Gasteiger partial charge in [-0.3, -0.25) is 34.0 Å². The third-order valence-corrected chi connectivity index (χ3v) is 9.57. The molecule has 0 spiro atoms. The molecule has 7 atom stereocenters. The second-order valence-electron chi connectivity index (χ2n) is 13.8. The molecule has 2 aromatic carbocycles. The third-order valence-electron chi connectivity index (χ3n) is 9.57. The Morgan fingerprint density at radius 2 is 1.24 bits per heavy atom. The van der Waals surface area contributed by atoms with Crippen molar-refractivity contribution in [3.8, 4) is 5.75 Å². The van der Waals surface area contributed by atoms with E-state index in [9.17, 15) is 49.2 Å². The van der Waals surface area contributed by atoms with Crippen molar-refractivity contribution in [1.29, 1.82) is 0 Å². The van der Waals surface area contributed by atoms with Crippen molar-refractivity contribution in [3.05, 3.63) is 65.2 Å². The molecule has 22 nitrogen and oxygen atoms in total. The highest BCUT2D eigenvalue weighted by Gasteiger charge is 2.56. The number of amides is 5. The number of guanidine groups is 2. The molecule has 0 radical (unpaired) electrons. The summed E-state index contributed by atoms with van der Waals surface area (Å²) < 4.78 is 0. The Morgan fingerprint density at radius 1 is 0.759 bits per heavy atom. The summed E-state index contributed by atoms with van der Waals surface area (Å²) >= 11 is 0. The predicted molar refractivity (Wildman–Crippen MR) is 207 cm³/mol. The number of benzene rings is 2. The molecule has 17 N–H and O–H groups in total. The van der Waals surface area contributed by atoms with E-state index in [2.05, 4.69) is 47.2 Å². The van der Waals surface area contributed by atoms with Gasteiger partial charge in [0.25, 0.3) is 0 Å². The van der Waals surface area contributed by atoms with E-state index in [1.165, 1.54) is 24.3 Å². The molecule has 0 aromatic heterocycles. The predicted octanol–water partition coefficient (Wildman–Crippen LogP) is -6.64. The lowest BCUT2D eigenvalue weighted by Gasteiger charge is -2.44. The van der Waals surface area contributed by atoms with Gasteiger partial charge in [-0.2, -0.15) is 0 Å². The first-order valence-electron chi connectivity index (χ1n) is 18.2. The number of carbonyl (C=O) groups is 6. The van der Waals surface area contributed by atoms with E-state index in [0.29, 0.717) is 11.1 Å². The number of nitrogens with one attached hydrogen (secondary N) is 7. The Hall–Kier alpha value is -6.36. The lowest BCUT2D eigenvalue weighted by molar-refractivity contribution is -0.143. The topological polar surface area (TPSA) is 370 Å². The summed E-state index contributed by atoms with van der Waals surface area (Å²) in [6.45, 7) is -0.854. The number of aldehydes is 1. The van der Waals surface area contributed by atoms with Crippen molar-refractivity contribution in [1.82, 2.24) is 37.2 Å². The molecule has 0 saturated carbocycles. The minimum Gasteiger partial charge on any atom is -0.508 e. The van der Waals surface area contributed by atoms with Crippen LogP contribution < -0.4 is 54.4 Å². The summed E-state index contributed by atoms with van der Waals surface area (Å²) in [5, 5.41) is 59.8. The molecular weight excluding hydrogens is 760 g/mol. The Kier molecular flexibility index (Phi) is 15.4. The number of phenols is 1. The fourth-order valence-electron chi connectivity index (χ4n) is 6.35. The van der Waals surface area contributed by atoms with Gasteiger partial charge >= 0.3 is 0 Å². The smallest absolute Gasteiger partial charge is 0.246 e. The first-order chi connectivity index (χ1) is 27.6. The summed E-state index contributed by atoms with van der Waals surface area (Å²) in [6, 6.07) is 2.52. The van der Waals surface area contributed by atoms with Crippen LogP contribution in [-0.2, 0) is 41.6 Å². The maximum absolute atomic E-state index is 14.0. The van der Waals surface area contributed by atoms with Crippen LogP contribution in [0.4, 0.5) is 0 Å². The Bertz CT molecular complexity index is 1830. The molecule has 2 unspecified atom stereocenters. The average molecular weight is 811 g/mol. The van der Waals surface area contributed by atoms with Gasteiger partial charge in [-0.25, -0.2) is 0 Å². The Morgan fingerprint density at radius 3 is 1.69 bits per heavy atom. The number of hydrogen-bond acceptors (Lipinski definition) is 17. The minimum absolute atomic E-state index is 0.0136. The standard InChI is InChI=1S/C36H50N12O10/c1-18-2-4-19(5-3-18)10-23(43-28(53)12-37)30(54)44-24(11-20-6-8-22(52)9-7-20)31(55)45-25(17-51)32(56)48-29(33(57)42-21(15-49)16-50)36(58,26-13-40-34(38)46-26)27-14-41-35(39)47-27/h2-9,15,21,23-27,29,50-52,58H,10-14,16-17,37H2,1H3,(H,42,57)(H,43,53)(H,44,54)(H,45,55)(H,48,56)(H3,38,40,46)(H3,39,41,47)/t21-,23+,24+,25+,26?,27?,29-,36?/m1/s1. The number of aliphatic hydroxyl groups excluding tert-OH is 2. The third kappa shape index (κ3) is 11.4. The van der Waals surface area contributed by atoms with E-state index >= 15 is 0 Å². The van der Waals surface area contributed by atoms with Gasteiger partial charge in [0.05, 0.1) is 44.9 Å². The van der Waals surface area contributed by atoms with E-state index in [-0.39, 0.29) is 49.9 Å². The molecule has 2 heterocycles. The first kappa shape index (κ1) is 44.4. The van der Waals surface area contributed by atoms with Crippen LogP contribution in [-0.4, -0.2) is 149 Å². The molecule has 0 bridgehead atoms. The second kappa shape index (κ2) is 20.2. The van der Waals surface area contributed by atoms with Crippen molar-refractivity contribution in [2.45, 2.75) is 67.7 Å². The van der Waals surface area contributed by atoms with Gasteiger partial charge in [0, 0.05) is 12.8 Å². The molecule has 22 heteroatoms. The summed E-state index contributed by atoms with van der Waals surface area (Å²) in [5.74, 6) is -5.09. The van der Waals surface area contributed by atoms with Crippen molar-refractivity contribution in [2.75, 3.05) is 32.8 Å². The van der Waals surface area contributed by atoms with Gasteiger partial charge in [-0.1, -0.05) is 42.0 Å². The number of phenolic OH excluding ortho intramolecular Hbond substituents is 1.